The highest BCUT2D eigenvalue weighted by atomic mass is 16.5. The molecular weight excluding hydrogens is 238 g/mol. The fraction of sp³-hybridized carbons (Fsp3) is 0.273. The summed E-state index contributed by atoms with van der Waals surface area (Å²) in [7, 11) is 1.20. The van der Waals surface area contributed by atoms with Crippen molar-refractivity contribution in [3.05, 3.63) is 23.8 Å². The first-order valence-corrected chi connectivity index (χ1v) is 5.24. The number of hydrogen-bond acceptors (Lipinski definition) is 5. The molecule has 0 heterocycles. The number of ether oxygens (including phenoxy) is 1. The molecule has 1 rings (SSSR count). The Hall–Kier alpha value is -2.28. The molecule has 7 heteroatoms. The lowest BCUT2D eigenvalue weighted by molar-refractivity contribution is 0.0597. The molecule has 2 amide bonds. The first-order chi connectivity index (χ1) is 8.58. The minimum absolute atomic E-state index is 0.0193. The summed E-state index contributed by atoms with van der Waals surface area (Å²) in [6.07, 6.45) is 0. The molecule has 0 bridgehead atoms. The van der Waals surface area contributed by atoms with Crippen LogP contribution >= 0.6 is 0 Å². The Morgan fingerprint density at radius 1 is 1.44 bits per heavy atom. The molecule has 1 aromatic carbocycles. The number of aromatic hydroxyl groups is 1. The highest BCUT2D eigenvalue weighted by Crippen LogP contribution is 2.22. The number of urea groups is 1. The van der Waals surface area contributed by atoms with Crippen LogP contribution in [0.15, 0.2) is 18.2 Å². The van der Waals surface area contributed by atoms with Gasteiger partial charge in [0, 0.05) is 18.8 Å². The molecule has 0 aliphatic heterocycles. The van der Waals surface area contributed by atoms with Crippen LogP contribution in [0.1, 0.15) is 10.4 Å². The summed E-state index contributed by atoms with van der Waals surface area (Å²) < 4.78 is 4.50. The van der Waals surface area contributed by atoms with Gasteiger partial charge in [0.15, 0.2) is 0 Å². The van der Waals surface area contributed by atoms with E-state index in [1.807, 2.05) is 0 Å². The number of rotatable bonds is 4. The zero-order valence-corrected chi connectivity index (χ0v) is 9.90. The summed E-state index contributed by atoms with van der Waals surface area (Å²) in [4.78, 5) is 22.7. The van der Waals surface area contributed by atoms with E-state index in [1.165, 1.54) is 25.3 Å². The van der Waals surface area contributed by atoms with Crippen LogP contribution in [-0.2, 0) is 4.74 Å². The molecule has 5 N–H and O–H groups in total. The molecule has 0 fully saturated rings. The number of esters is 1. The lowest BCUT2D eigenvalue weighted by atomic mass is 10.2. The monoisotopic (exact) mass is 253 g/mol. The van der Waals surface area contributed by atoms with Gasteiger partial charge in [0.25, 0.3) is 0 Å². The fourth-order valence-corrected chi connectivity index (χ4v) is 1.25. The van der Waals surface area contributed by atoms with Gasteiger partial charge in [-0.2, -0.15) is 0 Å². The van der Waals surface area contributed by atoms with Crippen molar-refractivity contribution in [3.63, 3.8) is 0 Å². The van der Waals surface area contributed by atoms with E-state index >= 15 is 0 Å². The number of phenols is 1. The molecule has 0 unspecified atom stereocenters. The lowest BCUT2D eigenvalue weighted by Gasteiger charge is -2.08. The standard InChI is InChI=1S/C11H15N3O4/c1-18-10(16)8-6-7(2-3-9(8)15)14-11(17)13-5-4-12/h2-3,6,15H,4-5,12H2,1H3,(H2,13,14,17). The van der Waals surface area contributed by atoms with Gasteiger partial charge in [-0.15, -0.1) is 0 Å². The molecule has 0 aliphatic carbocycles. The summed E-state index contributed by atoms with van der Waals surface area (Å²) in [6, 6.07) is 3.64. The van der Waals surface area contributed by atoms with Crippen LogP contribution in [0.25, 0.3) is 0 Å². The predicted octanol–water partition coefficient (Wildman–Crippen LogP) is 0.259. The Morgan fingerprint density at radius 3 is 2.78 bits per heavy atom. The molecule has 0 saturated heterocycles. The largest absolute Gasteiger partial charge is 0.507 e. The minimum atomic E-state index is -0.682. The topological polar surface area (TPSA) is 114 Å². The van der Waals surface area contributed by atoms with Crippen LogP contribution in [0.2, 0.25) is 0 Å². The van der Waals surface area contributed by atoms with Crippen LogP contribution in [-0.4, -0.2) is 37.3 Å². The summed E-state index contributed by atoms with van der Waals surface area (Å²) in [5.74, 6) is -0.895. The van der Waals surface area contributed by atoms with Crippen molar-refractivity contribution in [2.24, 2.45) is 5.73 Å². The van der Waals surface area contributed by atoms with Gasteiger partial charge < -0.3 is 26.2 Å². The molecule has 0 spiro atoms. The van der Waals surface area contributed by atoms with E-state index in [4.69, 9.17) is 5.73 Å². The second-order valence-electron chi connectivity index (χ2n) is 3.39. The number of nitrogens with one attached hydrogen (secondary N) is 2. The molecule has 1 aromatic rings. The van der Waals surface area contributed by atoms with E-state index in [1.54, 1.807) is 0 Å². The first kappa shape index (κ1) is 13.8. The molecule has 0 atom stereocenters. The van der Waals surface area contributed by atoms with Crippen molar-refractivity contribution in [1.82, 2.24) is 5.32 Å². The van der Waals surface area contributed by atoms with Crippen LogP contribution in [0, 0.1) is 0 Å². The van der Waals surface area contributed by atoms with Crippen molar-refractivity contribution in [3.8, 4) is 5.75 Å². The Morgan fingerprint density at radius 2 is 2.17 bits per heavy atom. The van der Waals surface area contributed by atoms with Crippen molar-refractivity contribution >= 4 is 17.7 Å². The molecule has 0 radical (unpaired) electrons. The Kier molecular flexibility index (Phi) is 4.94. The SMILES string of the molecule is COC(=O)c1cc(NC(=O)NCCN)ccc1O. The van der Waals surface area contributed by atoms with E-state index in [0.717, 1.165) is 0 Å². The predicted molar refractivity (Wildman–Crippen MR) is 65.5 cm³/mol. The van der Waals surface area contributed by atoms with Gasteiger partial charge in [-0.05, 0) is 18.2 Å². The van der Waals surface area contributed by atoms with Gasteiger partial charge in [-0.3, -0.25) is 0 Å². The van der Waals surface area contributed by atoms with E-state index in [-0.39, 0.29) is 11.3 Å². The number of benzene rings is 1. The van der Waals surface area contributed by atoms with E-state index in [2.05, 4.69) is 15.4 Å². The Labute approximate surface area is 104 Å². The van der Waals surface area contributed by atoms with Gasteiger partial charge in [0.2, 0.25) is 0 Å². The third kappa shape index (κ3) is 3.63. The van der Waals surface area contributed by atoms with Gasteiger partial charge in [-0.25, -0.2) is 9.59 Å². The molecular formula is C11H15N3O4. The quantitative estimate of drug-likeness (QED) is 0.454. The van der Waals surface area contributed by atoms with Crippen LogP contribution in [0.4, 0.5) is 10.5 Å². The maximum Gasteiger partial charge on any atom is 0.341 e. The van der Waals surface area contributed by atoms with Gasteiger partial charge >= 0.3 is 12.0 Å². The number of anilines is 1. The number of carbonyl (C=O) groups is 2. The van der Waals surface area contributed by atoms with Crippen LogP contribution in [0.5, 0.6) is 5.75 Å². The van der Waals surface area contributed by atoms with E-state index in [9.17, 15) is 14.7 Å². The average molecular weight is 253 g/mol. The smallest absolute Gasteiger partial charge is 0.341 e. The number of hydrogen-bond donors (Lipinski definition) is 4. The summed E-state index contributed by atoms with van der Waals surface area (Å²) in [5.41, 5.74) is 5.58. The highest BCUT2D eigenvalue weighted by Gasteiger charge is 2.12. The molecule has 18 heavy (non-hydrogen) atoms. The second-order valence-corrected chi connectivity index (χ2v) is 3.39. The number of nitrogens with two attached hydrogens (primary N) is 1. The van der Waals surface area contributed by atoms with Crippen molar-refractivity contribution in [2.45, 2.75) is 0 Å². The van der Waals surface area contributed by atoms with Crippen LogP contribution in [0.3, 0.4) is 0 Å². The number of methoxy groups -OCH3 is 1. The maximum atomic E-state index is 11.4. The first-order valence-electron chi connectivity index (χ1n) is 5.24. The summed E-state index contributed by atoms with van der Waals surface area (Å²) in [6.45, 7) is 0.671. The van der Waals surface area contributed by atoms with Gasteiger partial charge in [-0.1, -0.05) is 0 Å². The minimum Gasteiger partial charge on any atom is -0.507 e. The third-order valence-corrected chi connectivity index (χ3v) is 2.09. The van der Waals surface area contributed by atoms with Crippen LogP contribution < -0.4 is 16.4 Å². The highest BCUT2D eigenvalue weighted by molar-refractivity contribution is 5.95. The maximum absolute atomic E-state index is 11.4. The third-order valence-electron chi connectivity index (χ3n) is 2.09. The van der Waals surface area contributed by atoms with Gasteiger partial charge in [0.05, 0.1) is 7.11 Å². The number of carbonyl (C=O) groups excluding carboxylic acids is 2. The van der Waals surface area contributed by atoms with E-state index in [0.29, 0.717) is 18.8 Å². The van der Waals surface area contributed by atoms with Gasteiger partial charge in [0.1, 0.15) is 11.3 Å². The number of phenolic OH excluding ortho intramolecular Hbond substituents is 1. The molecule has 7 nitrogen and oxygen atoms in total. The summed E-state index contributed by atoms with van der Waals surface area (Å²) >= 11 is 0. The van der Waals surface area contributed by atoms with Crippen molar-refractivity contribution < 1.29 is 19.4 Å². The normalized spacial score (nSPS) is 9.67. The molecule has 0 saturated carbocycles. The van der Waals surface area contributed by atoms with Crippen molar-refractivity contribution in [2.75, 3.05) is 25.5 Å². The molecule has 98 valence electrons. The Balaban J connectivity index is 2.79. The van der Waals surface area contributed by atoms with E-state index < -0.39 is 12.0 Å². The molecule has 0 aromatic heterocycles. The fourth-order valence-electron chi connectivity index (χ4n) is 1.25. The average Bonchev–Trinajstić information content (AvgIpc) is 2.37. The number of amides is 2. The zero-order chi connectivity index (χ0) is 13.5. The molecule has 0 aliphatic rings. The Bertz CT molecular complexity index is 448. The lowest BCUT2D eigenvalue weighted by Crippen LogP contribution is -2.32. The van der Waals surface area contributed by atoms with Crippen molar-refractivity contribution in [1.29, 1.82) is 0 Å². The second kappa shape index (κ2) is 6.45. The summed E-state index contributed by atoms with van der Waals surface area (Å²) in [5, 5.41) is 14.5. The zero-order valence-electron chi connectivity index (χ0n) is 9.90.